The molecular formula is C17H18BrNO3. The van der Waals surface area contributed by atoms with Gasteiger partial charge < -0.3 is 14.8 Å². The summed E-state index contributed by atoms with van der Waals surface area (Å²) in [6.45, 7) is 0.613. The minimum Gasteiger partial charge on any atom is -0.445 e. The number of hydrogen-bond acceptors (Lipinski definition) is 3. The molecule has 0 heterocycles. The number of amides is 1. The van der Waals surface area contributed by atoms with Crippen molar-refractivity contribution >= 4 is 22.0 Å². The van der Waals surface area contributed by atoms with Gasteiger partial charge in [0, 0.05) is 11.6 Å². The van der Waals surface area contributed by atoms with Crippen LogP contribution in [0.4, 0.5) is 4.79 Å². The summed E-state index contributed by atoms with van der Waals surface area (Å²) in [6, 6.07) is 17.0. The second-order valence-corrected chi connectivity index (χ2v) is 5.68. The van der Waals surface area contributed by atoms with Gasteiger partial charge in [0.05, 0.1) is 12.6 Å². The van der Waals surface area contributed by atoms with Gasteiger partial charge in [-0.1, -0.05) is 58.4 Å². The summed E-state index contributed by atoms with van der Waals surface area (Å²) in [5, 5.41) is 2.82. The minimum absolute atomic E-state index is 0.241. The maximum atomic E-state index is 12.0. The fourth-order valence-corrected chi connectivity index (χ4v) is 2.44. The van der Waals surface area contributed by atoms with Gasteiger partial charge in [-0.2, -0.15) is 0 Å². The van der Waals surface area contributed by atoms with Gasteiger partial charge in [-0.05, 0) is 23.3 Å². The highest BCUT2D eigenvalue weighted by Gasteiger charge is 2.15. The molecule has 0 saturated carbocycles. The third kappa shape index (κ3) is 5.16. The number of rotatable bonds is 6. The molecule has 22 heavy (non-hydrogen) atoms. The van der Waals surface area contributed by atoms with Crippen molar-refractivity contribution in [2.45, 2.75) is 12.6 Å². The van der Waals surface area contributed by atoms with Crippen molar-refractivity contribution < 1.29 is 14.3 Å². The number of benzene rings is 2. The first-order valence-electron chi connectivity index (χ1n) is 6.90. The fraction of sp³-hybridized carbons (Fsp3) is 0.235. The molecule has 0 aliphatic heterocycles. The molecule has 4 nitrogen and oxygen atoms in total. The van der Waals surface area contributed by atoms with Gasteiger partial charge in [0.15, 0.2) is 0 Å². The smallest absolute Gasteiger partial charge is 0.408 e. The monoisotopic (exact) mass is 363 g/mol. The Morgan fingerprint density at radius 1 is 1.18 bits per heavy atom. The van der Waals surface area contributed by atoms with E-state index in [1.807, 2.05) is 54.6 Å². The van der Waals surface area contributed by atoms with E-state index in [4.69, 9.17) is 9.47 Å². The maximum Gasteiger partial charge on any atom is 0.408 e. The predicted octanol–water partition coefficient (Wildman–Crippen LogP) is 4.06. The second-order valence-electron chi connectivity index (χ2n) is 4.77. The zero-order valence-electron chi connectivity index (χ0n) is 12.3. The van der Waals surface area contributed by atoms with Crippen LogP contribution in [0.3, 0.4) is 0 Å². The number of halogens is 1. The molecule has 1 N–H and O–H groups in total. The summed E-state index contributed by atoms with van der Waals surface area (Å²) in [6.07, 6.45) is -0.467. The SMILES string of the molecule is COCC(NC(=O)OCc1ccccc1)c1cccc(Br)c1. The fourth-order valence-electron chi connectivity index (χ4n) is 2.02. The van der Waals surface area contributed by atoms with E-state index in [9.17, 15) is 4.79 Å². The first-order chi connectivity index (χ1) is 10.7. The van der Waals surface area contributed by atoms with Crippen LogP contribution in [-0.2, 0) is 16.1 Å². The summed E-state index contributed by atoms with van der Waals surface area (Å²) < 4.78 is 11.4. The summed E-state index contributed by atoms with van der Waals surface area (Å²) in [5.41, 5.74) is 1.90. The van der Waals surface area contributed by atoms with Crippen LogP contribution in [0.1, 0.15) is 17.2 Å². The van der Waals surface area contributed by atoms with E-state index in [0.717, 1.165) is 15.6 Å². The maximum absolute atomic E-state index is 12.0. The van der Waals surface area contributed by atoms with Crippen molar-refractivity contribution in [2.75, 3.05) is 13.7 Å². The van der Waals surface area contributed by atoms with Crippen LogP contribution in [0.25, 0.3) is 0 Å². The molecule has 0 spiro atoms. The number of nitrogens with one attached hydrogen (secondary N) is 1. The molecule has 5 heteroatoms. The topological polar surface area (TPSA) is 47.6 Å². The standard InChI is InChI=1S/C17H18BrNO3/c1-21-12-16(14-8-5-9-15(18)10-14)19-17(20)22-11-13-6-3-2-4-7-13/h2-10,16H,11-12H2,1H3,(H,19,20). The number of hydrogen-bond donors (Lipinski definition) is 1. The van der Waals surface area contributed by atoms with Gasteiger partial charge in [0.2, 0.25) is 0 Å². The van der Waals surface area contributed by atoms with Crippen LogP contribution in [0.15, 0.2) is 59.1 Å². The third-order valence-electron chi connectivity index (χ3n) is 3.09. The Labute approximate surface area is 138 Å². The molecule has 0 bridgehead atoms. The van der Waals surface area contributed by atoms with Crippen LogP contribution in [0, 0.1) is 0 Å². The zero-order valence-corrected chi connectivity index (χ0v) is 13.9. The van der Waals surface area contributed by atoms with E-state index in [0.29, 0.717) is 6.61 Å². The molecule has 2 aromatic carbocycles. The van der Waals surface area contributed by atoms with Gasteiger partial charge >= 0.3 is 6.09 Å². The Morgan fingerprint density at radius 3 is 2.64 bits per heavy atom. The Morgan fingerprint density at radius 2 is 1.95 bits per heavy atom. The molecule has 1 amide bonds. The van der Waals surface area contributed by atoms with Gasteiger partial charge in [0.25, 0.3) is 0 Å². The summed E-state index contributed by atoms with van der Waals surface area (Å²) in [5.74, 6) is 0. The Balaban J connectivity index is 1.94. The van der Waals surface area contributed by atoms with Gasteiger partial charge in [-0.25, -0.2) is 4.79 Å². The normalized spacial score (nSPS) is 11.7. The molecule has 0 fully saturated rings. The predicted molar refractivity (Wildman–Crippen MR) is 88.5 cm³/mol. The average molecular weight is 364 g/mol. The lowest BCUT2D eigenvalue weighted by Gasteiger charge is -2.18. The molecule has 0 radical (unpaired) electrons. The second kappa shape index (κ2) is 8.56. The molecule has 2 aromatic rings. The molecule has 2 rings (SSSR count). The first kappa shape index (κ1) is 16.5. The molecule has 0 saturated heterocycles. The first-order valence-corrected chi connectivity index (χ1v) is 7.70. The van der Waals surface area contributed by atoms with Crippen molar-refractivity contribution in [3.8, 4) is 0 Å². The minimum atomic E-state index is -0.467. The van der Waals surface area contributed by atoms with Gasteiger partial charge in [0.1, 0.15) is 6.61 Å². The van der Waals surface area contributed by atoms with Gasteiger partial charge in [-0.15, -0.1) is 0 Å². The Hall–Kier alpha value is -1.85. The van der Waals surface area contributed by atoms with E-state index in [1.165, 1.54) is 0 Å². The number of ether oxygens (including phenoxy) is 2. The third-order valence-corrected chi connectivity index (χ3v) is 3.58. The van der Waals surface area contributed by atoms with E-state index >= 15 is 0 Å². The molecule has 1 unspecified atom stereocenters. The van der Waals surface area contributed by atoms with Crippen LogP contribution in [0.2, 0.25) is 0 Å². The highest BCUT2D eigenvalue weighted by Crippen LogP contribution is 2.18. The molecule has 0 aromatic heterocycles. The molecule has 0 aliphatic rings. The van der Waals surface area contributed by atoms with Crippen molar-refractivity contribution in [3.63, 3.8) is 0 Å². The Kier molecular flexibility index (Phi) is 6.43. The molecular weight excluding hydrogens is 346 g/mol. The number of methoxy groups -OCH3 is 1. The lowest BCUT2D eigenvalue weighted by molar-refractivity contribution is 0.120. The molecule has 0 aliphatic carbocycles. The number of alkyl carbamates (subject to hydrolysis) is 1. The highest BCUT2D eigenvalue weighted by molar-refractivity contribution is 9.10. The summed E-state index contributed by atoms with van der Waals surface area (Å²) in [4.78, 5) is 12.0. The van der Waals surface area contributed by atoms with Crippen LogP contribution in [0.5, 0.6) is 0 Å². The van der Waals surface area contributed by atoms with E-state index in [-0.39, 0.29) is 12.6 Å². The van der Waals surface area contributed by atoms with Gasteiger partial charge in [-0.3, -0.25) is 0 Å². The van der Waals surface area contributed by atoms with Crippen molar-refractivity contribution in [3.05, 3.63) is 70.2 Å². The van der Waals surface area contributed by atoms with E-state index in [2.05, 4.69) is 21.2 Å². The summed E-state index contributed by atoms with van der Waals surface area (Å²) >= 11 is 3.42. The van der Waals surface area contributed by atoms with E-state index in [1.54, 1.807) is 7.11 Å². The van der Waals surface area contributed by atoms with E-state index < -0.39 is 6.09 Å². The van der Waals surface area contributed by atoms with Crippen molar-refractivity contribution in [2.24, 2.45) is 0 Å². The quantitative estimate of drug-likeness (QED) is 0.841. The van der Waals surface area contributed by atoms with Crippen molar-refractivity contribution in [1.82, 2.24) is 5.32 Å². The lowest BCUT2D eigenvalue weighted by atomic mass is 10.1. The number of carbonyl (C=O) groups is 1. The molecule has 1 atom stereocenters. The largest absolute Gasteiger partial charge is 0.445 e. The summed E-state index contributed by atoms with van der Waals surface area (Å²) in [7, 11) is 1.60. The van der Waals surface area contributed by atoms with Crippen molar-refractivity contribution in [1.29, 1.82) is 0 Å². The average Bonchev–Trinajstić information content (AvgIpc) is 2.53. The zero-order chi connectivity index (χ0) is 15.8. The van der Waals surface area contributed by atoms with Crippen LogP contribution >= 0.6 is 15.9 Å². The van der Waals surface area contributed by atoms with Crippen LogP contribution < -0.4 is 5.32 Å². The highest BCUT2D eigenvalue weighted by atomic mass is 79.9. The molecule has 116 valence electrons. The Bertz CT molecular complexity index is 604. The number of carbonyl (C=O) groups excluding carboxylic acids is 1. The van der Waals surface area contributed by atoms with Crippen LogP contribution in [-0.4, -0.2) is 19.8 Å². The lowest BCUT2D eigenvalue weighted by Crippen LogP contribution is -2.31.